The minimum absolute atomic E-state index is 0. The zero-order valence-corrected chi connectivity index (χ0v) is 17.6. The summed E-state index contributed by atoms with van der Waals surface area (Å²) in [6.45, 7) is 1.31. The van der Waals surface area contributed by atoms with Gasteiger partial charge in [0.1, 0.15) is 10.6 Å². The van der Waals surface area contributed by atoms with Gasteiger partial charge in [0.15, 0.2) is 0 Å². The summed E-state index contributed by atoms with van der Waals surface area (Å²) in [6, 6.07) is 4.72. The van der Waals surface area contributed by atoms with E-state index in [0.717, 1.165) is 19.3 Å². The van der Waals surface area contributed by atoms with Crippen molar-refractivity contribution in [3.05, 3.63) is 18.2 Å². The SMILES string of the molecule is COc1ccc(NC(=O)C2CCCC(N)C2)cc1S(=O)(=O)N1CCOCC1.Cl. The number of rotatable bonds is 5. The normalized spacial score (nSPS) is 23.5. The van der Waals surface area contributed by atoms with Gasteiger partial charge in [0.05, 0.1) is 20.3 Å². The number of sulfonamides is 1. The first-order valence-electron chi connectivity index (χ1n) is 9.24. The molecule has 2 fully saturated rings. The first-order chi connectivity index (χ1) is 12.9. The number of methoxy groups -OCH3 is 1. The molecule has 1 saturated heterocycles. The van der Waals surface area contributed by atoms with Crippen LogP contribution in [0.25, 0.3) is 0 Å². The predicted molar refractivity (Wildman–Crippen MR) is 108 cm³/mol. The van der Waals surface area contributed by atoms with Crippen molar-refractivity contribution in [1.82, 2.24) is 4.31 Å². The van der Waals surface area contributed by atoms with Crippen LogP contribution in [0.1, 0.15) is 25.7 Å². The standard InChI is InChI=1S/C18H27N3O5S.ClH/c1-25-16-6-5-15(20-18(22)13-3-2-4-14(19)11-13)12-17(16)27(23,24)21-7-9-26-10-8-21;/h5-6,12-14H,2-4,7-11,19H2,1H3,(H,20,22);1H. The molecule has 1 aliphatic carbocycles. The van der Waals surface area contributed by atoms with Crippen LogP contribution in [0.5, 0.6) is 5.75 Å². The smallest absolute Gasteiger partial charge is 0.246 e. The maximum atomic E-state index is 13.0. The van der Waals surface area contributed by atoms with Gasteiger partial charge in [-0.3, -0.25) is 4.79 Å². The molecule has 1 amide bonds. The summed E-state index contributed by atoms with van der Waals surface area (Å²) in [5, 5.41) is 2.84. The van der Waals surface area contributed by atoms with Gasteiger partial charge in [-0.1, -0.05) is 6.42 Å². The third-order valence-corrected chi connectivity index (χ3v) is 7.02. The molecule has 28 heavy (non-hydrogen) atoms. The first kappa shape index (κ1) is 22.9. The van der Waals surface area contributed by atoms with Gasteiger partial charge < -0.3 is 20.5 Å². The Hall–Kier alpha value is -1.39. The van der Waals surface area contributed by atoms with E-state index >= 15 is 0 Å². The quantitative estimate of drug-likeness (QED) is 0.729. The highest BCUT2D eigenvalue weighted by molar-refractivity contribution is 7.89. The predicted octanol–water partition coefficient (Wildman–Crippen LogP) is 1.59. The molecule has 10 heteroatoms. The maximum Gasteiger partial charge on any atom is 0.246 e. The topological polar surface area (TPSA) is 111 Å². The third-order valence-electron chi connectivity index (χ3n) is 5.10. The fourth-order valence-electron chi connectivity index (χ4n) is 3.59. The number of carbonyl (C=O) groups is 1. The van der Waals surface area contributed by atoms with Crippen LogP contribution in [0, 0.1) is 5.92 Å². The molecule has 1 saturated carbocycles. The second-order valence-corrected chi connectivity index (χ2v) is 8.90. The van der Waals surface area contributed by atoms with Gasteiger partial charge in [0.2, 0.25) is 15.9 Å². The molecule has 0 spiro atoms. The van der Waals surface area contributed by atoms with Crippen LogP contribution in [0.2, 0.25) is 0 Å². The number of benzene rings is 1. The zero-order chi connectivity index (χ0) is 19.4. The lowest BCUT2D eigenvalue weighted by molar-refractivity contribution is -0.120. The fourth-order valence-corrected chi connectivity index (χ4v) is 5.18. The summed E-state index contributed by atoms with van der Waals surface area (Å²) in [5.74, 6) is -0.0145. The summed E-state index contributed by atoms with van der Waals surface area (Å²) in [6.07, 6.45) is 3.32. The van der Waals surface area contributed by atoms with Gasteiger partial charge in [-0.15, -0.1) is 12.4 Å². The highest BCUT2D eigenvalue weighted by atomic mass is 35.5. The number of hydrogen-bond donors (Lipinski definition) is 2. The highest BCUT2D eigenvalue weighted by Gasteiger charge is 2.30. The molecule has 1 aromatic rings. The number of carbonyl (C=O) groups excluding carboxylic acids is 1. The molecular weight excluding hydrogens is 406 g/mol. The van der Waals surface area contributed by atoms with Crippen molar-refractivity contribution in [3.63, 3.8) is 0 Å². The molecule has 1 heterocycles. The molecule has 2 aliphatic rings. The minimum atomic E-state index is -3.74. The Balaban J connectivity index is 0.00000280. The average Bonchev–Trinajstić information content (AvgIpc) is 2.68. The van der Waals surface area contributed by atoms with Crippen LogP contribution in [-0.4, -0.2) is 58.1 Å². The monoisotopic (exact) mass is 433 g/mol. The maximum absolute atomic E-state index is 13.0. The summed E-state index contributed by atoms with van der Waals surface area (Å²) in [7, 11) is -2.31. The molecule has 158 valence electrons. The Morgan fingerprint density at radius 2 is 2.00 bits per heavy atom. The Kier molecular flexibility index (Phi) is 8.08. The Morgan fingerprint density at radius 3 is 2.64 bits per heavy atom. The molecule has 0 aromatic heterocycles. The average molecular weight is 434 g/mol. The van der Waals surface area contributed by atoms with Crippen LogP contribution < -0.4 is 15.8 Å². The van der Waals surface area contributed by atoms with Gasteiger partial charge in [-0.05, 0) is 37.5 Å². The number of halogens is 1. The number of anilines is 1. The van der Waals surface area contributed by atoms with Crippen LogP contribution >= 0.6 is 12.4 Å². The molecular formula is C18H28ClN3O5S. The molecule has 1 aliphatic heterocycles. The van der Waals surface area contributed by atoms with Crippen molar-refractivity contribution in [1.29, 1.82) is 0 Å². The molecule has 3 N–H and O–H groups in total. The van der Waals surface area contributed by atoms with E-state index in [-0.39, 0.29) is 40.9 Å². The van der Waals surface area contributed by atoms with Crippen LogP contribution in [0.4, 0.5) is 5.69 Å². The van der Waals surface area contributed by atoms with Gasteiger partial charge in [-0.25, -0.2) is 8.42 Å². The molecule has 1 aromatic carbocycles. The van der Waals surface area contributed by atoms with E-state index in [1.807, 2.05) is 0 Å². The summed E-state index contributed by atoms with van der Waals surface area (Å²) >= 11 is 0. The Labute approximate surface area is 172 Å². The summed E-state index contributed by atoms with van der Waals surface area (Å²) in [5.41, 5.74) is 6.40. The Morgan fingerprint density at radius 1 is 1.29 bits per heavy atom. The molecule has 0 radical (unpaired) electrons. The van der Waals surface area contributed by atoms with E-state index in [1.54, 1.807) is 12.1 Å². The number of morpholine rings is 1. The van der Waals surface area contributed by atoms with Gasteiger partial charge >= 0.3 is 0 Å². The summed E-state index contributed by atoms with van der Waals surface area (Å²) in [4.78, 5) is 12.6. The second kappa shape index (κ2) is 9.89. The fraction of sp³-hybridized carbons (Fsp3) is 0.611. The number of nitrogens with one attached hydrogen (secondary N) is 1. The lowest BCUT2D eigenvalue weighted by Gasteiger charge is -2.27. The first-order valence-corrected chi connectivity index (χ1v) is 10.7. The zero-order valence-electron chi connectivity index (χ0n) is 15.9. The molecule has 0 bridgehead atoms. The number of hydrogen-bond acceptors (Lipinski definition) is 6. The summed E-state index contributed by atoms with van der Waals surface area (Å²) < 4.78 is 37.9. The van der Waals surface area contributed by atoms with Crippen molar-refractivity contribution >= 4 is 34.0 Å². The molecule has 3 rings (SSSR count). The molecule has 2 atom stereocenters. The largest absolute Gasteiger partial charge is 0.495 e. The van der Waals surface area contributed by atoms with Gasteiger partial charge in [-0.2, -0.15) is 4.31 Å². The van der Waals surface area contributed by atoms with Crippen molar-refractivity contribution in [2.75, 3.05) is 38.7 Å². The van der Waals surface area contributed by atoms with E-state index in [9.17, 15) is 13.2 Å². The molecule has 8 nitrogen and oxygen atoms in total. The van der Waals surface area contributed by atoms with E-state index in [1.165, 1.54) is 17.5 Å². The minimum Gasteiger partial charge on any atom is -0.495 e. The van der Waals surface area contributed by atoms with Crippen molar-refractivity contribution in [2.45, 2.75) is 36.6 Å². The van der Waals surface area contributed by atoms with Crippen LogP contribution in [0.3, 0.4) is 0 Å². The van der Waals surface area contributed by atoms with Crippen molar-refractivity contribution < 1.29 is 22.7 Å². The van der Waals surface area contributed by atoms with Crippen LogP contribution in [-0.2, 0) is 19.6 Å². The van der Waals surface area contributed by atoms with Crippen molar-refractivity contribution in [2.24, 2.45) is 11.7 Å². The van der Waals surface area contributed by atoms with Crippen molar-refractivity contribution in [3.8, 4) is 5.75 Å². The highest BCUT2D eigenvalue weighted by Crippen LogP contribution is 2.31. The Bertz CT molecular complexity index is 783. The lowest BCUT2D eigenvalue weighted by atomic mass is 9.85. The third kappa shape index (κ3) is 5.15. The number of nitrogens with zero attached hydrogens (tertiary/aromatic N) is 1. The van der Waals surface area contributed by atoms with E-state index in [0.29, 0.717) is 38.4 Å². The van der Waals surface area contributed by atoms with E-state index in [2.05, 4.69) is 5.32 Å². The second-order valence-electron chi connectivity index (χ2n) is 6.99. The number of nitrogens with two attached hydrogens (primary N) is 1. The number of ether oxygens (including phenoxy) is 2. The molecule has 2 unspecified atom stereocenters. The van der Waals surface area contributed by atoms with Crippen LogP contribution in [0.15, 0.2) is 23.1 Å². The van der Waals surface area contributed by atoms with E-state index in [4.69, 9.17) is 15.2 Å². The lowest BCUT2D eigenvalue weighted by Crippen LogP contribution is -2.40. The number of amides is 1. The van der Waals surface area contributed by atoms with E-state index < -0.39 is 10.0 Å². The van der Waals surface area contributed by atoms with Gasteiger partial charge in [0, 0.05) is 30.7 Å². The van der Waals surface area contributed by atoms with Gasteiger partial charge in [0.25, 0.3) is 0 Å².